The monoisotopic (exact) mass is 417 g/mol. The highest BCUT2D eigenvalue weighted by atomic mass is 32.2. The van der Waals surface area contributed by atoms with Crippen LogP contribution in [0.2, 0.25) is 0 Å². The molecule has 29 heavy (non-hydrogen) atoms. The minimum Gasteiger partial charge on any atom is -0.368 e. The van der Waals surface area contributed by atoms with E-state index in [4.69, 9.17) is 0 Å². The number of benzene rings is 2. The van der Waals surface area contributed by atoms with Crippen molar-refractivity contribution >= 4 is 34.6 Å². The highest BCUT2D eigenvalue weighted by Gasteiger charge is 2.32. The number of carbonyl (C=O) groups excluding carboxylic acids is 1. The summed E-state index contributed by atoms with van der Waals surface area (Å²) in [5.41, 5.74) is 0.852. The van der Waals surface area contributed by atoms with E-state index in [0.717, 1.165) is 11.6 Å². The summed E-state index contributed by atoms with van der Waals surface area (Å²) in [5, 5.41) is 0.654. The van der Waals surface area contributed by atoms with E-state index >= 15 is 0 Å². The van der Waals surface area contributed by atoms with Gasteiger partial charge in [0, 0.05) is 31.9 Å². The number of hydrogen-bond donors (Lipinski definition) is 0. The molecule has 0 radical (unpaired) electrons. The first kappa shape index (κ1) is 19.6. The summed E-state index contributed by atoms with van der Waals surface area (Å²) in [7, 11) is 0. The van der Waals surface area contributed by atoms with Gasteiger partial charge in [0.2, 0.25) is 0 Å². The first-order valence-electron chi connectivity index (χ1n) is 9.15. The van der Waals surface area contributed by atoms with E-state index in [2.05, 4.69) is 4.99 Å². The number of anilines is 1. The molecule has 4 rings (SSSR count). The Bertz CT molecular complexity index is 965. The Kier molecular flexibility index (Phi) is 5.36. The van der Waals surface area contributed by atoms with Crippen LogP contribution < -0.4 is 4.90 Å². The molecule has 2 aromatic carbocycles. The fourth-order valence-electron chi connectivity index (χ4n) is 3.27. The number of alkyl halides is 3. The van der Waals surface area contributed by atoms with Crippen LogP contribution in [0.5, 0.6) is 0 Å². The zero-order chi connectivity index (χ0) is 20.4. The van der Waals surface area contributed by atoms with Gasteiger partial charge in [0.15, 0.2) is 5.17 Å². The molecule has 0 unspecified atom stereocenters. The summed E-state index contributed by atoms with van der Waals surface area (Å²) in [6.07, 6.45) is -2.53. The van der Waals surface area contributed by atoms with Crippen molar-refractivity contribution in [2.75, 3.05) is 31.1 Å². The lowest BCUT2D eigenvalue weighted by Gasteiger charge is -2.36. The summed E-state index contributed by atoms with van der Waals surface area (Å²) >= 11 is 1.34. The van der Waals surface area contributed by atoms with Crippen LogP contribution in [0, 0.1) is 0 Å². The molecule has 8 heteroatoms. The van der Waals surface area contributed by atoms with Gasteiger partial charge in [-0.3, -0.25) is 4.79 Å². The van der Waals surface area contributed by atoms with Crippen molar-refractivity contribution < 1.29 is 18.0 Å². The standard InChI is InChI=1S/C21H18F3N3OS/c22-21(23,24)16-7-4-8-17(14-16)26-9-11-27(12-10-26)20-25-19(28)18(29-20)13-15-5-2-1-3-6-15/h1-8,13-14H,9-12H2/b18-13+. The molecule has 1 amide bonds. The van der Waals surface area contributed by atoms with E-state index in [1.807, 2.05) is 46.2 Å². The van der Waals surface area contributed by atoms with Gasteiger partial charge < -0.3 is 9.80 Å². The number of nitrogens with zero attached hydrogens (tertiary/aromatic N) is 3. The number of rotatable bonds is 2. The van der Waals surface area contributed by atoms with Crippen LogP contribution in [0.1, 0.15) is 11.1 Å². The van der Waals surface area contributed by atoms with Crippen LogP contribution in [0.3, 0.4) is 0 Å². The van der Waals surface area contributed by atoms with Crippen molar-refractivity contribution in [1.29, 1.82) is 0 Å². The van der Waals surface area contributed by atoms with E-state index < -0.39 is 11.7 Å². The molecule has 1 fully saturated rings. The molecule has 150 valence electrons. The van der Waals surface area contributed by atoms with Gasteiger partial charge in [-0.25, -0.2) is 0 Å². The van der Waals surface area contributed by atoms with Crippen LogP contribution in [0.15, 0.2) is 64.5 Å². The molecule has 2 aromatic rings. The molecular weight excluding hydrogens is 399 g/mol. The number of piperazine rings is 1. The van der Waals surface area contributed by atoms with E-state index in [0.29, 0.717) is 41.9 Å². The number of thioether (sulfide) groups is 1. The Balaban J connectivity index is 1.40. The van der Waals surface area contributed by atoms with Gasteiger partial charge in [-0.15, -0.1) is 0 Å². The van der Waals surface area contributed by atoms with Crippen LogP contribution in [-0.4, -0.2) is 42.2 Å². The van der Waals surface area contributed by atoms with Gasteiger partial charge in [-0.2, -0.15) is 18.2 Å². The maximum Gasteiger partial charge on any atom is 0.416 e. The van der Waals surface area contributed by atoms with Crippen LogP contribution in [-0.2, 0) is 11.0 Å². The molecule has 2 aliphatic rings. The fourth-order valence-corrected chi connectivity index (χ4v) is 4.23. The van der Waals surface area contributed by atoms with E-state index in [9.17, 15) is 18.0 Å². The van der Waals surface area contributed by atoms with Gasteiger partial charge in [0.05, 0.1) is 10.5 Å². The third-order valence-electron chi connectivity index (χ3n) is 4.80. The first-order chi connectivity index (χ1) is 13.9. The van der Waals surface area contributed by atoms with Crippen LogP contribution in [0.25, 0.3) is 6.08 Å². The van der Waals surface area contributed by atoms with Crippen LogP contribution in [0.4, 0.5) is 18.9 Å². The smallest absolute Gasteiger partial charge is 0.368 e. The predicted octanol–water partition coefficient (Wildman–Crippen LogP) is 4.50. The molecule has 0 spiro atoms. The van der Waals surface area contributed by atoms with Gasteiger partial charge >= 0.3 is 6.18 Å². The van der Waals surface area contributed by atoms with Gasteiger partial charge in [-0.05, 0) is 41.6 Å². The molecule has 0 bridgehead atoms. The number of carbonyl (C=O) groups is 1. The molecule has 0 N–H and O–H groups in total. The average Bonchev–Trinajstić information content (AvgIpc) is 3.09. The number of amidine groups is 1. The lowest BCUT2D eigenvalue weighted by molar-refractivity contribution is -0.137. The Morgan fingerprint density at radius 1 is 0.931 bits per heavy atom. The summed E-state index contributed by atoms with van der Waals surface area (Å²) in [6, 6.07) is 15.0. The zero-order valence-electron chi connectivity index (χ0n) is 15.4. The maximum absolute atomic E-state index is 12.9. The molecule has 0 saturated carbocycles. The maximum atomic E-state index is 12.9. The number of halogens is 3. The predicted molar refractivity (Wildman–Crippen MR) is 110 cm³/mol. The lowest BCUT2D eigenvalue weighted by atomic mass is 10.1. The van der Waals surface area contributed by atoms with Gasteiger partial charge in [0.25, 0.3) is 5.91 Å². The molecule has 2 heterocycles. The lowest BCUT2D eigenvalue weighted by Crippen LogP contribution is -2.47. The molecule has 2 aliphatic heterocycles. The second-order valence-corrected chi connectivity index (χ2v) is 7.75. The highest BCUT2D eigenvalue weighted by molar-refractivity contribution is 8.18. The normalized spacial score (nSPS) is 19.1. The van der Waals surface area contributed by atoms with Crippen molar-refractivity contribution in [3.05, 3.63) is 70.6 Å². The Morgan fingerprint density at radius 2 is 1.62 bits per heavy atom. The number of hydrogen-bond acceptors (Lipinski definition) is 4. The second kappa shape index (κ2) is 7.94. The van der Waals surface area contributed by atoms with Crippen molar-refractivity contribution in [3.8, 4) is 0 Å². The zero-order valence-corrected chi connectivity index (χ0v) is 16.2. The third kappa shape index (κ3) is 4.48. The van der Waals surface area contributed by atoms with E-state index in [1.54, 1.807) is 6.07 Å². The highest BCUT2D eigenvalue weighted by Crippen LogP contribution is 2.33. The minimum atomic E-state index is -4.35. The van der Waals surface area contributed by atoms with Gasteiger partial charge in [-0.1, -0.05) is 36.4 Å². The molecule has 0 atom stereocenters. The molecular formula is C21H18F3N3OS. The van der Waals surface area contributed by atoms with Crippen molar-refractivity contribution in [2.45, 2.75) is 6.18 Å². The first-order valence-corrected chi connectivity index (χ1v) is 9.96. The fraction of sp³-hybridized carbons (Fsp3) is 0.238. The molecule has 0 aromatic heterocycles. The van der Waals surface area contributed by atoms with E-state index in [-0.39, 0.29) is 5.91 Å². The largest absolute Gasteiger partial charge is 0.416 e. The second-order valence-electron chi connectivity index (χ2n) is 6.74. The summed E-state index contributed by atoms with van der Waals surface area (Å²) in [5.74, 6) is -0.255. The van der Waals surface area contributed by atoms with E-state index in [1.165, 1.54) is 23.9 Å². The quantitative estimate of drug-likeness (QED) is 0.675. The number of aliphatic imine (C=N–C) groups is 1. The van der Waals surface area contributed by atoms with Crippen molar-refractivity contribution in [2.24, 2.45) is 4.99 Å². The minimum absolute atomic E-state index is 0.255. The van der Waals surface area contributed by atoms with Gasteiger partial charge in [0.1, 0.15) is 0 Å². The Labute approximate surface area is 170 Å². The van der Waals surface area contributed by atoms with Crippen molar-refractivity contribution in [1.82, 2.24) is 4.90 Å². The summed E-state index contributed by atoms with van der Waals surface area (Å²) < 4.78 is 38.8. The summed E-state index contributed by atoms with van der Waals surface area (Å²) in [6.45, 7) is 2.31. The van der Waals surface area contributed by atoms with Crippen LogP contribution >= 0.6 is 11.8 Å². The Morgan fingerprint density at radius 3 is 2.31 bits per heavy atom. The molecule has 1 saturated heterocycles. The third-order valence-corrected chi connectivity index (χ3v) is 5.84. The topological polar surface area (TPSA) is 35.9 Å². The molecule has 0 aliphatic carbocycles. The summed E-state index contributed by atoms with van der Waals surface area (Å²) in [4.78, 5) is 20.9. The molecule has 4 nitrogen and oxygen atoms in total. The average molecular weight is 417 g/mol. The van der Waals surface area contributed by atoms with Crippen molar-refractivity contribution in [3.63, 3.8) is 0 Å². The Hall–Kier alpha value is -2.74. The SMILES string of the molecule is O=C1N=C(N2CCN(c3cccc(C(F)(F)F)c3)CC2)S/C1=C/c1ccccc1. The number of amides is 1.